The molecule has 0 spiro atoms. The highest BCUT2D eigenvalue weighted by molar-refractivity contribution is 6.12. The number of ether oxygens (including phenoxy) is 2. The van der Waals surface area contributed by atoms with Gasteiger partial charge >= 0.3 is 12.2 Å². The monoisotopic (exact) mass is 706 g/mol. The van der Waals surface area contributed by atoms with Crippen LogP contribution < -0.4 is 31.7 Å². The van der Waals surface area contributed by atoms with Gasteiger partial charge in [-0.2, -0.15) is 0 Å². The topological polar surface area (TPSA) is 215 Å². The van der Waals surface area contributed by atoms with Crippen molar-refractivity contribution in [1.29, 1.82) is 0 Å². The van der Waals surface area contributed by atoms with E-state index in [0.29, 0.717) is 42.7 Å². The Balaban J connectivity index is 1.52. The van der Waals surface area contributed by atoms with Gasteiger partial charge in [0.1, 0.15) is 24.4 Å². The van der Waals surface area contributed by atoms with E-state index in [-0.39, 0.29) is 56.2 Å². The van der Waals surface area contributed by atoms with E-state index in [1.165, 1.54) is 12.2 Å². The van der Waals surface area contributed by atoms with Crippen LogP contribution in [0.1, 0.15) is 63.5 Å². The van der Waals surface area contributed by atoms with Crippen molar-refractivity contribution in [1.82, 2.24) is 20.9 Å². The number of benzene rings is 2. The lowest BCUT2D eigenvalue weighted by molar-refractivity contribution is -0.137. The highest BCUT2D eigenvalue weighted by Gasteiger charge is 2.29. The predicted molar refractivity (Wildman–Crippen MR) is 187 cm³/mol. The lowest BCUT2D eigenvalue weighted by atomic mass is 10.0. The van der Waals surface area contributed by atoms with Crippen LogP contribution in [0.25, 0.3) is 0 Å². The lowest BCUT2D eigenvalue weighted by Crippen LogP contribution is -2.54. The van der Waals surface area contributed by atoms with Gasteiger partial charge in [-0.15, -0.1) is 0 Å². The maximum atomic E-state index is 13.4. The molecule has 15 nitrogen and oxygen atoms in total. The minimum absolute atomic E-state index is 0.0644. The van der Waals surface area contributed by atoms with Gasteiger partial charge in [0.15, 0.2) is 0 Å². The molecule has 1 heterocycles. The molecule has 2 aromatic rings. The summed E-state index contributed by atoms with van der Waals surface area (Å²) < 4.78 is 10.3. The zero-order chi connectivity index (χ0) is 37.3. The molecule has 51 heavy (non-hydrogen) atoms. The van der Waals surface area contributed by atoms with Crippen LogP contribution in [-0.4, -0.2) is 71.8 Å². The smallest absolute Gasteiger partial charge is 0.429 e. The first-order chi connectivity index (χ1) is 24.3. The molecule has 15 heteroatoms. The number of nitrogens with two attached hydrogens (primary N) is 1. The third-order valence-electron chi connectivity index (χ3n) is 7.85. The van der Waals surface area contributed by atoms with Crippen molar-refractivity contribution in [3.05, 3.63) is 71.8 Å². The summed E-state index contributed by atoms with van der Waals surface area (Å²) >= 11 is 0. The van der Waals surface area contributed by atoms with Crippen LogP contribution in [0.15, 0.2) is 60.7 Å². The minimum Gasteiger partial charge on any atom is -0.429 e. The molecular formula is C36H46N6O9. The van der Waals surface area contributed by atoms with Crippen LogP contribution in [0, 0.1) is 12.8 Å². The lowest BCUT2D eigenvalue weighted by Gasteiger charge is -2.25. The second kappa shape index (κ2) is 20.1. The number of primary amides is 1. The second-order valence-electron chi connectivity index (χ2n) is 12.4. The number of aryl methyl sites for hydroxylation is 1. The van der Waals surface area contributed by atoms with Crippen LogP contribution in [0.2, 0.25) is 0 Å². The van der Waals surface area contributed by atoms with Crippen LogP contribution in [0.5, 0.6) is 5.75 Å². The Morgan fingerprint density at radius 2 is 1.49 bits per heavy atom. The van der Waals surface area contributed by atoms with Gasteiger partial charge in [0.2, 0.25) is 17.7 Å². The van der Waals surface area contributed by atoms with Crippen LogP contribution >= 0.6 is 0 Å². The molecule has 7 amide bonds. The number of urea groups is 1. The third kappa shape index (κ3) is 14.0. The van der Waals surface area contributed by atoms with Crippen LogP contribution in [-0.2, 0) is 35.3 Å². The van der Waals surface area contributed by atoms with Gasteiger partial charge in [-0.05, 0) is 68.4 Å². The van der Waals surface area contributed by atoms with Crippen molar-refractivity contribution in [3.8, 4) is 5.75 Å². The molecule has 1 aliphatic heterocycles. The maximum absolute atomic E-state index is 13.4. The fourth-order valence-electron chi connectivity index (χ4n) is 5.00. The summed E-state index contributed by atoms with van der Waals surface area (Å²) in [7, 11) is 0. The van der Waals surface area contributed by atoms with Crippen LogP contribution in [0.3, 0.4) is 0 Å². The Labute approximate surface area is 296 Å². The molecule has 3 rings (SSSR count). The van der Waals surface area contributed by atoms with E-state index in [2.05, 4.69) is 21.3 Å². The van der Waals surface area contributed by atoms with Gasteiger partial charge in [0.25, 0.3) is 11.8 Å². The van der Waals surface area contributed by atoms with Gasteiger partial charge < -0.3 is 36.5 Å². The van der Waals surface area contributed by atoms with Crippen molar-refractivity contribution in [3.63, 3.8) is 0 Å². The fraction of sp³-hybridized carbons (Fsp3) is 0.417. The molecule has 0 aliphatic carbocycles. The zero-order valence-corrected chi connectivity index (χ0v) is 29.1. The zero-order valence-electron chi connectivity index (χ0n) is 29.1. The largest absolute Gasteiger partial charge is 0.514 e. The average molecular weight is 707 g/mol. The number of rotatable bonds is 19. The Morgan fingerprint density at radius 3 is 2.12 bits per heavy atom. The second-order valence-corrected chi connectivity index (χ2v) is 12.4. The number of unbranched alkanes of at least 4 members (excludes halogenated alkanes) is 2. The molecule has 0 saturated carbocycles. The van der Waals surface area contributed by atoms with Crippen molar-refractivity contribution < 1.29 is 43.0 Å². The van der Waals surface area contributed by atoms with E-state index >= 15 is 0 Å². The SMILES string of the molecule is Cc1ccc(OC(=O)OCc2ccc(NC(=O)[C@H](CCCNC(N)=O)NC(=O)[C@@H](NC(=O)CCCCCN3C(=O)C=CC3=O)C(C)C)cc2)cc1. The molecular weight excluding hydrogens is 660 g/mol. The molecule has 0 aromatic heterocycles. The minimum atomic E-state index is -1.02. The molecule has 2 atom stereocenters. The summed E-state index contributed by atoms with van der Waals surface area (Å²) in [5, 5.41) is 10.7. The van der Waals surface area contributed by atoms with Crippen molar-refractivity contribution in [2.24, 2.45) is 11.7 Å². The van der Waals surface area contributed by atoms with E-state index in [0.717, 1.165) is 10.5 Å². The number of carbonyl (C=O) groups excluding carboxylic acids is 7. The maximum Gasteiger partial charge on any atom is 0.514 e. The quantitative estimate of drug-likeness (QED) is 0.0627. The van der Waals surface area contributed by atoms with Crippen molar-refractivity contribution in [2.45, 2.75) is 78.0 Å². The first kappa shape index (κ1) is 39.7. The van der Waals surface area contributed by atoms with E-state index in [1.54, 1.807) is 50.2 Å². The number of hydrogen-bond acceptors (Lipinski definition) is 9. The highest BCUT2D eigenvalue weighted by Crippen LogP contribution is 2.15. The molecule has 0 fully saturated rings. The number of nitrogens with zero attached hydrogens (tertiary/aromatic N) is 1. The first-order valence-corrected chi connectivity index (χ1v) is 16.8. The predicted octanol–water partition coefficient (Wildman–Crippen LogP) is 3.21. The summed E-state index contributed by atoms with van der Waals surface area (Å²) in [6.07, 6.45) is 3.83. The van der Waals surface area contributed by atoms with Gasteiger partial charge in [-0.3, -0.25) is 28.9 Å². The molecule has 0 saturated heterocycles. The number of hydrogen-bond donors (Lipinski definition) is 5. The number of amides is 7. The normalized spacial score (nSPS) is 13.4. The van der Waals surface area contributed by atoms with Crippen molar-refractivity contribution in [2.75, 3.05) is 18.4 Å². The molecule has 1 aliphatic rings. The average Bonchev–Trinajstić information content (AvgIpc) is 3.41. The van der Waals surface area contributed by atoms with Gasteiger partial charge in [-0.1, -0.05) is 50.1 Å². The standard InChI is InChI=1S/C36H46N6O9/c1-23(2)32(41-29(43)9-5-4-6-21-42-30(44)18-19-31(42)45)34(47)40-28(8-7-20-38-35(37)48)33(46)39-26-14-12-25(13-15-26)22-50-36(49)51-27-16-10-24(3)11-17-27/h10-19,23,28,32H,4-9,20-22H2,1-3H3,(H,39,46)(H,40,47)(H,41,43)(H3,37,38,48)/t28-,32-/m0/s1. The number of carbonyl (C=O) groups is 7. The molecule has 274 valence electrons. The molecule has 6 N–H and O–H groups in total. The first-order valence-electron chi connectivity index (χ1n) is 16.8. The van der Waals surface area contributed by atoms with E-state index in [4.69, 9.17) is 15.2 Å². The highest BCUT2D eigenvalue weighted by atomic mass is 16.7. The summed E-state index contributed by atoms with van der Waals surface area (Å²) in [6.45, 7) is 5.83. The van der Waals surface area contributed by atoms with E-state index in [1.807, 2.05) is 19.1 Å². The third-order valence-corrected chi connectivity index (χ3v) is 7.85. The van der Waals surface area contributed by atoms with Gasteiger partial charge in [0.05, 0.1) is 0 Å². The Bertz CT molecular complexity index is 1560. The molecule has 0 unspecified atom stereocenters. The summed E-state index contributed by atoms with van der Waals surface area (Å²) in [4.78, 5) is 87.2. The van der Waals surface area contributed by atoms with Gasteiger partial charge in [0, 0.05) is 37.3 Å². The fourth-order valence-corrected chi connectivity index (χ4v) is 5.00. The number of imide groups is 1. The van der Waals surface area contributed by atoms with E-state index in [9.17, 15) is 33.6 Å². The summed E-state index contributed by atoms with van der Waals surface area (Å²) in [5.41, 5.74) is 7.23. The summed E-state index contributed by atoms with van der Waals surface area (Å²) in [6, 6.07) is 10.8. The molecule has 0 radical (unpaired) electrons. The molecule has 2 aromatic carbocycles. The Morgan fingerprint density at radius 1 is 0.824 bits per heavy atom. The van der Waals surface area contributed by atoms with Crippen LogP contribution in [0.4, 0.5) is 15.3 Å². The molecule has 0 bridgehead atoms. The summed E-state index contributed by atoms with van der Waals surface area (Å²) in [5.74, 6) is -2.07. The Kier molecular flexibility index (Phi) is 15.6. The number of nitrogens with one attached hydrogen (secondary N) is 4. The number of anilines is 1. The van der Waals surface area contributed by atoms with E-state index < -0.39 is 36.1 Å². The van der Waals surface area contributed by atoms with Crippen molar-refractivity contribution >= 4 is 47.4 Å². The van der Waals surface area contributed by atoms with Gasteiger partial charge in [-0.25, -0.2) is 9.59 Å². The Hall–Kier alpha value is -5.73.